The van der Waals surface area contributed by atoms with Crippen LogP contribution < -0.4 is 4.90 Å². The number of amides is 1. The van der Waals surface area contributed by atoms with E-state index in [9.17, 15) is 13.2 Å². The Hall–Kier alpha value is -2.36. The fraction of sp³-hybridized carbons (Fsp3) is 0.421. The number of anilines is 1. The van der Waals surface area contributed by atoms with Crippen molar-refractivity contribution in [1.82, 2.24) is 14.2 Å². The van der Waals surface area contributed by atoms with Gasteiger partial charge in [0.2, 0.25) is 10.0 Å². The number of benzene rings is 1. The van der Waals surface area contributed by atoms with E-state index >= 15 is 0 Å². The number of sulfonamides is 1. The smallest absolute Gasteiger partial charge is 0.270 e. The van der Waals surface area contributed by atoms with E-state index in [1.165, 1.54) is 16.6 Å². The number of aromatic amines is 1. The van der Waals surface area contributed by atoms with Crippen LogP contribution in [0.15, 0.2) is 47.5 Å². The molecule has 1 aromatic carbocycles. The molecule has 4 rings (SSSR count). The number of H-pyrrole nitrogens is 1. The highest BCUT2D eigenvalue weighted by Gasteiger charge is 2.29. The first-order valence-electron chi connectivity index (χ1n) is 9.41. The van der Waals surface area contributed by atoms with Crippen LogP contribution in [0.2, 0.25) is 0 Å². The van der Waals surface area contributed by atoms with Gasteiger partial charge in [-0.1, -0.05) is 18.2 Å². The highest BCUT2D eigenvalue weighted by Crippen LogP contribution is 2.20. The molecule has 28 heavy (non-hydrogen) atoms. The lowest BCUT2D eigenvalue weighted by atomic mass is 10.2. The number of para-hydroxylation sites is 1. The van der Waals surface area contributed by atoms with Crippen LogP contribution in [0.3, 0.4) is 0 Å². The Bertz CT molecular complexity index is 914. The number of nitrogens with zero attached hydrogens (tertiary/aromatic N) is 3. The second kappa shape index (κ2) is 7.94. The van der Waals surface area contributed by atoms with E-state index < -0.39 is 10.0 Å². The third-order valence-corrected chi connectivity index (χ3v) is 7.06. The van der Waals surface area contributed by atoms with Crippen molar-refractivity contribution in [2.45, 2.75) is 4.90 Å². The second-order valence-electron chi connectivity index (χ2n) is 6.88. The molecule has 3 heterocycles. The normalized spacial score (nSPS) is 19.0. The number of carbonyl (C=O) groups is 1. The number of rotatable bonds is 4. The van der Waals surface area contributed by atoms with Crippen molar-refractivity contribution in [2.24, 2.45) is 0 Å². The molecule has 2 fully saturated rings. The third kappa shape index (κ3) is 3.78. The first-order chi connectivity index (χ1) is 13.6. The molecule has 2 aliphatic rings. The topological polar surface area (TPSA) is 85.9 Å². The lowest BCUT2D eigenvalue weighted by molar-refractivity contribution is 0.0729. The van der Waals surface area contributed by atoms with E-state index in [1.54, 1.807) is 4.90 Å². The molecule has 1 amide bonds. The summed E-state index contributed by atoms with van der Waals surface area (Å²) >= 11 is 0. The molecule has 2 aromatic rings. The molecule has 0 spiro atoms. The van der Waals surface area contributed by atoms with Gasteiger partial charge in [-0.25, -0.2) is 8.42 Å². The van der Waals surface area contributed by atoms with E-state index in [2.05, 4.69) is 22.0 Å². The van der Waals surface area contributed by atoms with Crippen LogP contribution in [0, 0.1) is 0 Å². The highest BCUT2D eigenvalue weighted by atomic mass is 32.2. The molecule has 150 valence electrons. The molecule has 0 bridgehead atoms. The molecule has 0 aliphatic carbocycles. The molecular weight excluding hydrogens is 380 g/mol. The first kappa shape index (κ1) is 19.0. The lowest BCUT2D eigenvalue weighted by Gasteiger charge is -2.36. The minimum atomic E-state index is -3.61. The van der Waals surface area contributed by atoms with Crippen LogP contribution in [0.5, 0.6) is 0 Å². The van der Waals surface area contributed by atoms with Crippen molar-refractivity contribution in [3.8, 4) is 0 Å². The van der Waals surface area contributed by atoms with Gasteiger partial charge in [-0.05, 0) is 18.2 Å². The molecule has 0 atom stereocenters. The minimum Gasteiger partial charge on any atom is -0.379 e. The van der Waals surface area contributed by atoms with Crippen LogP contribution in [0.25, 0.3) is 0 Å². The second-order valence-corrected chi connectivity index (χ2v) is 8.82. The zero-order valence-electron chi connectivity index (χ0n) is 15.6. The van der Waals surface area contributed by atoms with E-state index in [1.807, 2.05) is 18.2 Å². The number of hydrogen-bond acceptors (Lipinski definition) is 5. The molecule has 9 heteroatoms. The van der Waals surface area contributed by atoms with Crippen molar-refractivity contribution >= 4 is 21.6 Å². The Morgan fingerprint density at radius 1 is 0.964 bits per heavy atom. The molecule has 0 saturated carbocycles. The molecule has 0 radical (unpaired) electrons. The van der Waals surface area contributed by atoms with Gasteiger partial charge in [0.1, 0.15) is 10.6 Å². The van der Waals surface area contributed by atoms with Crippen molar-refractivity contribution in [3.63, 3.8) is 0 Å². The average molecular weight is 404 g/mol. The fourth-order valence-electron chi connectivity index (χ4n) is 3.56. The largest absolute Gasteiger partial charge is 0.379 e. The SMILES string of the molecule is O=C(c1cc(S(=O)(=O)N2CCOCC2)c[nH]1)N1CCN(c2ccccc2)CC1. The van der Waals surface area contributed by atoms with Gasteiger partial charge in [0.25, 0.3) is 5.91 Å². The zero-order chi connectivity index (χ0) is 19.6. The van der Waals surface area contributed by atoms with Crippen LogP contribution in [-0.2, 0) is 14.8 Å². The number of piperazine rings is 1. The summed E-state index contributed by atoms with van der Waals surface area (Å²) in [6.07, 6.45) is 1.40. The van der Waals surface area contributed by atoms with Crippen LogP contribution in [-0.4, -0.2) is 81.0 Å². The van der Waals surface area contributed by atoms with Gasteiger partial charge in [-0.2, -0.15) is 4.31 Å². The van der Waals surface area contributed by atoms with Gasteiger partial charge >= 0.3 is 0 Å². The number of aromatic nitrogens is 1. The zero-order valence-corrected chi connectivity index (χ0v) is 16.4. The summed E-state index contributed by atoms with van der Waals surface area (Å²) in [5.74, 6) is -0.170. The molecule has 1 N–H and O–H groups in total. The summed E-state index contributed by atoms with van der Waals surface area (Å²) in [6, 6.07) is 11.6. The molecule has 1 aromatic heterocycles. The average Bonchev–Trinajstić information content (AvgIpc) is 3.26. The minimum absolute atomic E-state index is 0.126. The van der Waals surface area contributed by atoms with Crippen molar-refractivity contribution in [2.75, 3.05) is 57.4 Å². The predicted molar refractivity (Wildman–Crippen MR) is 105 cm³/mol. The van der Waals surface area contributed by atoms with Crippen LogP contribution in [0.1, 0.15) is 10.5 Å². The molecule has 8 nitrogen and oxygen atoms in total. The van der Waals surface area contributed by atoms with Gasteiger partial charge in [-0.3, -0.25) is 4.79 Å². The standard InChI is InChI=1S/C19H24N4O4S/c24-19(22-8-6-21(7-9-22)16-4-2-1-3-5-16)18-14-17(15-20-18)28(25,26)23-10-12-27-13-11-23/h1-5,14-15,20H,6-13H2. The third-order valence-electron chi connectivity index (χ3n) is 5.18. The Balaban J connectivity index is 1.41. The monoisotopic (exact) mass is 404 g/mol. The summed E-state index contributed by atoms with van der Waals surface area (Å²) < 4.78 is 32.0. The molecule has 0 unspecified atom stereocenters. The summed E-state index contributed by atoms with van der Waals surface area (Å²) in [5.41, 5.74) is 1.45. The Morgan fingerprint density at radius 3 is 2.32 bits per heavy atom. The maximum absolute atomic E-state index is 12.8. The van der Waals surface area contributed by atoms with Crippen LogP contribution >= 0.6 is 0 Å². The number of nitrogens with one attached hydrogen (secondary N) is 1. The van der Waals surface area contributed by atoms with Gasteiger partial charge < -0.3 is 19.5 Å². The number of carbonyl (C=O) groups excluding carboxylic acids is 1. The van der Waals surface area contributed by atoms with E-state index in [-0.39, 0.29) is 10.8 Å². The molecular formula is C19H24N4O4S. The number of hydrogen-bond donors (Lipinski definition) is 1. The number of morpholine rings is 1. The van der Waals surface area contributed by atoms with Gasteiger partial charge in [0.15, 0.2) is 0 Å². The lowest BCUT2D eigenvalue weighted by Crippen LogP contribution is -2.48. The van der Waals surface area contributed by atoms with Crippen molar-refractivity contribution < 1.29 is 17.9 Å². The van der Waals surface area contributed by atoms with Crippen molar-refractivity contribution in [3.05, 3.63) is 48.3 Å². The van der Waals surface area contributed by atoms with E-state index in [0.717, 1.165) is 18.8 Å². The Labute approximate surface area is 164 Å². The quantitative estimate of drug-likeness (QED) is 0.822. The van der Waals surface area contributed by atoms with Crippen molar-refractivity contribution in [1.29, 1.82) is 0 Å². The summed E-state index contributed by atoms with van der Waals surface area (Å²) in [4.78, 5) is 19.8. The fourth-order valence-corrected chi connectivity index (χ4v) is 4.96. The van der Waals surface area contributed by atoms with Gasteiger partial charge in [0.05, 0.1) is 13.2 Å². The molecule has 2 saturated heterocycles. The predicted octanol–water partition coefficient (Wildman–Crippen LogP) is 0.998. The summed E-state index contributed by atoms with van der Waals surface area (Å²) in [6.45, 7) is 4.13. The Morgan fingerprint density at radius 2 is 1.64 bits per heavy atom. The van der Waals surface area contributed by atoms with E-state index in [0.29, 0.717) is 45.1 Å². The van der Waals surface area contributed by atoms with Gasteiger partial charge in [-0.15, -0.1) is 0 Å². The molecule has 2 aliphatic heterocycles. The maximum atomic E-state index is 12.8. The van der Waals surface area contributed by atoms with E-state index in [4.69, 9.17) is 4.74 Å². The van der Waals surface area contributed by atoms with Crippen LogP contribution in [0.4, 0.5) is 5.69 Å². The first-order valence-corrected chi connectivity index (χ1v) is 10.9. The Kier molecular flexibility index (Phi) is 5.38. The number of ether oxygens (including phenoxy) is 1. The summed E-state index contributed by atoms with van der Waals surface area (Å²) in [5, 5.41) is 0. The highest BCUT2D eigenvalue weighted by molar-refractivity contribution is 7.89. The summed E-state index contributed by atoms with van der Waals surface area (Å²) in [7, 11) is -3.61. The maximum Gasteiger partial charge on any atom is 0.270 e. The van der Waals surface area contributed by atoms with Gasteiger partial charge in [0, 0.05) is 51.2 Å².